The first-order chi connectivity index (χ1) is 9.06. The van der Waals surface area contributed by atoms with Crippen LogP contribution in [0, 0.1) is 13.8 Å². The van der Waals surface area contributed by atoms with Crippen molar-refractivity contribution in [2.45, 2.75) is 57.9 Å². The van der Waals surface area contributed by atoms with Gasteiger partial charge >= 0.3 is 0 Å². The Bertz CT molecular complexity index is 446. The molecule has 5 nitrogen and oxygen atoms in total. The van der Waals surface area contributed by atoms with Crippen molar-refractivity contribution in [1.29, 1.82) is 0 Å². The monoisotopic (exact) mass is 264 g/mol. The van der Waals surface area contributed by atoms with Gasteiger partial charge in [0, 0.05) is 23.2 Å². The normalized spacial score (nSPS) is 18.3. The van der Waals surface area contributed by atoms with Crippen molar-refractivity contribution in [2.75, 3.05) is 12.4 Å². The molecule has 1 heterocycles. The third-order valence-corrected chi connectivity index (χ3v) is 4.35. The smallest absolute Gasteiger partial charge is 0.227 e. The van der Waals surface area contributed by atoms with Crippen molar-refractivity contribution < 1.29 is 4.79 Å². The van der Waals surface area contributed by atoms with Gasteiger partial charge in [-0.15, -0.1) is 0 Å². The Morgan fingerprint density at radius 3 is 2.53 bits per heavy atom. The van der Waals surface area contributed by atoms with E-state index in [1.165, 1.54) is 19.3 Å². The lowest BCUT2D eigenvalue weighted by molar-refractivity contribution is -0.118. The summed E-state index contributed by atoms with van der Waals surface area (Å²) in [5, 5.41) is 13.3. The van der Waals surface area contributed by atoms with Crippen LogP contribution in [0.5, 0.6) is 0 Å². The molecule has 0 radical (unpaired) electrons. The van der Waals surface area contributed by atoms with E-state index in [1.54, 1.807) is 0 Å². The van der Waals surface area contributed by atoms with E-state index < -0.39 is 0 Å². The SMILES string of the molecule is CNC1(CC(=O)Nc2n[nH]c(C)c2C)CCCCC1. The molecule has 0 spiro atoms. The van der Waals surface area contributed by atoms with E-state index >= 15 is 0 Å². The largest absolute Gasteiger partial charge is 0.314 e. The van der Waals surface area contributed by atoms with Gasteiger partial charge in [-0.1, -0.05) is 19.3 Å². The molecule has 1 fully saturated rings. The maximum Gasteiger partial charge on any atom is 0.227 e. The lowest BCUT2D eigenvalue weighted by Gasteiger charge is -2.36. The van der Waals surface area contributed by atoms with Crippen LogP contribution in [0.25, 0.3) is 0 Å². The highest BCUT2D eigenvalue weighted by Gasteiger charge is 2.32. The van der Waals surface area contributed by atoms with Crippen LogP contribution in [0.2, 0.25) is 0 Å². The standard InChI is InChI=1S/C14H24N4O/c1-10-11(2)17-18-13(10)16-12(19)9-14(15-3)7-5-4-6-8-14/h15H,4-9H2,1-3H3,(H2,16,17,18,19). The van der Waals surface area contributed by atoms with Gasteiger partial charge in [-0.25, -0.2) is 0 Å². The number of hydrogen-bond donors (Lipinski definition) is 3. The highest BCUT2D eigenvalue weighted by Crippen LogP contribution is 2.31. The first-order valence-corrected chi connectivity index (χ1v) is 7.07. The Kier molecular flexibility index (Phi) is 4.24. The molecule has 106 valence electrons. The van der Waals surface area contributed by atoms with Crippen molar-refractivity contribution in [1.82, 2.24) is 15.5 Å². The molecule has 1 saturated carbocycles. The van der Waals surface area contributed by atoms with E-state index in [0.717, 1.165) is 24.1 Å². The summed E-state index contributed by atoms with van der Waals surface area (Å²) in [5.74, 6) is 0.704. The number of nitrogens with one attached hydrogen (secondary N) is 3. The van der Waals surface area contributed by atoms with E-state index in [-0.39, 0.29) is 11.4 Å². The minimum atomic E-state index is -0.0262. The third-order valence-electron chi connectivity index (χ3n) is 4.35. The van der Waals surface area contributed by atoms with Crippen LogP contribution >= 0.6 is 0 Å². The summed E-state index contributed by atoms with van der Waals surface area (Å²) in [6.45, 7) is 3.91. The number of H-pyrrole nitrogens is 1. The number of anilines is 1. The second-order valence-corrected chi connectivity index (χ2v) is 5.64. The summed E-state index contributed by atoms with van der Waals surface area (Å²) in [6.07, 6.45) is 6.37. The van der Waals surface area contributed by atoms with Crippen molar-refractivity contribution in [2.24, 2.45) is 0 Å². The fourth-order valence-corrected chi connectivity index (χ4v) is 2.83. The van der Waals surface area contributed by atoms with Crippen LogP contribution in [0.15, 0.2) is 0 Å². The van der Waals surface area contributed by atoms with Crippen LogP contribution in [0.3, 0.4) is 0 Å². The predicted molar refractivity (Wildman–Crippen MR) is 76.2 cm³/mol. The molecule has 0 bridgehead atoms. The zero-order valence-electron chi connectivity index (χ0n) is 12.1. The average molecular weight is 264 g/mol. The molecule has 1 aromatic heterocycles. The number of carbonyl (C=O) groups is 1. The molecule has 2 rings (SSSR count). The Labute approximate surface area is 114 Å². The number of rotatable bonds is 4. The quantitative estimate of drug-likeness (QED) is 0.781. The van der Waals surface area contributed by atoms with Crippen molar-refractivity contribution in [3.8, 4) is 0 Å². The zero-order valence-corrected chi connectivity index (χ0v) is 12.1. The summed E-state index contributed by atoms with van der Waals surface area (Å²) in [5.41, 5.74) is 1.98. The minimum absolute atomic E-state index is 0.0262. The maximum atomic E-state index is 12.2. The number of hydrogen-bond acceptors (Lipinski definition) is 3. The Balaban J connectivity index is 1.98. The molecule has 1 aliphatic rings. The van der Waals surface area contributed by atoms with Crippen LogP contribution in [-0.4, -0.2) is 28.7 Å². The summed E-state index contributed by atoms with van der Waals surface area (Å²) >= 11 is 0. The van der Waals surface area contributed by atoms with Gasteiger partial charge < -0.3 is 10.6 Å². The predicted octanol–water partition coefficient (Wildman–Crippen LogP) is 2.28. The topological polar surface area (TPSA) is 69.8 Å². The molecule has 0 aromatic carbocycles. The maximum absolute atomic E-state index is 12.2. The van der Waals surface area contributed by atoms with E-state index in [2.05, 4.69) is 20.8 Å². The molecular weight excluding hydrogens is 240 g/mol. The van der Waals surface area contributed by atoms with Gasteiger partial charge in [0.2, 0.25) is 5.91 Å². The molecule has 0 aliphatic heterocycles. The fraction of sp³-hybridized carbons (Fsp3) is 0.714. The van der Waals surface area contributed by atoms with Crippen LogP contribution < -0.4 is 10.6 Å². The van der Waals surface area contributed by atoms with E-state index in [1.807, 2.05) is 20.9 Å². The lowest BCUT2D eigenvalue weighted by atomic mass is 9.79. The Morgan fingerprint density at radius 1 is 1.32 bits per heavy atom. The number of aromatic nitrogens is 2. The summed E-state index contributed by atoms with van der Waals surface area (Å²) in [6, 6.07) is 0. The van der Waals surface area contributed by atoms with E-state index in [0.29, 0.717) is 12.2 Å². The van der Waals surface area contributed by atoms with E-state index in [4.69, 9.17) is 0 Å². The third kappa shape index (κ3) is 3.15. The minimum Gasteiger partial charge on any atom is -0.314 e. The van der Waals surface area contributed by atoms with Gasteiger partial charge in [0.1, 0.15) is 0 Å². The molecule has 5 heteroatoms. The Morgan fingerprint density at radius 2 is 2.00 bits per heavy atom. The van der Waals surface area contributed by atoms with Gasteiger partial charge in [-0.3, -0.25) is 9.89 Å². The summed E-state index contributed by atoms with van der Waals surface area (Å²) in [4.78, 5) is 12.2. The number of carbonyl (C=O) groups excluding carboxylic acids is 1. The molecule has 0 unspecified atom stereocenters. The van der Waals surface area contributed by atoms with Crippen molar-refractivity contribution >= 4 is 11.7 Å². The molecule has 1 aromatic rings. The van der Waals surface area contributed by atoms with Gasteiger partial charge in [-0.2, -0.15) is 5.10 Å². The average Bonchev–Trinajstić information content (AvgIpc) is 2.72. The van der Waals surface area contributed by atoms with Crippen molar-refractivity contribution in [3.05, 3.63) is 11.3 Å². The van der Waals surface area contributed by atoms with Crippen LogP contribution in [0.4, 0.5) is 5.82 Å². The molecule has 1 aliphatic carbocycles. The molecule has 19 heavy (non-hydrogen) atoms. The molecule has 0 atom stereocenters. The highest BCUT2D eigenvalue weighted by atomic mass is 16.1. The van der Waals surface area contributed by atoms with Gasteiger partial charge in [-0.05, 0) is 33.7 Å². The Hall–Kier alpha value is -1.36. The number of aryl methyl sites for hydroxylation is 1. The van der Waals surface area contributed by atoms with E-state index in [9.17, 15) is 4.79 Å². The molecular formula is C14H24N4O. The van der Waals surface area contributed by atoms with Crippen LogP contribution in [0.1, 0.15) is 49.8 Å². The first-order valence-electron chi connectivity index (χ1n) is 7.07. The number of aromatic amines is 1. The van der Waals surface area contributed by atoms with Gasteiger partial charge in [0.05, 0.1) is 0 Å². The second-order valence-electron chi connectivity index (χ2n) is 5.64. The molecule has 0 saturated heterocycles. The summed E-state index contributed by atoms with van der Waals surface area (Å²) in [7, 11) is 1.96. The summed E-state index contributed by atoms with van der Waals surface area (Å²) < 4.78 is 0. The fourth-order valence-electron chi connectivity index (χ4n) is 2.83. The zero-order chi connectivity index (χ0) is 13.9. The van der Waals surface area contributed by atoms with Crippen molar-refractivity contribution in [3.63, 3.8) is 0 Å². The van der Waals surface area contributed by atoms with Gasteiger partial charge in [0.25, 0.3) is 0 Å². The number of amides is 1. The highest BCUT2D eigenvalue weighted by molar-refractivity contribution is 5.91. The van der Waals surface area contributed by atoms with Crippen LogP contribution in [-0.2, 0) is 4.79 Å². The molecule has 1 amide bonds. The second kappa shape index (κ2) is 5.74. The number of nitrogens with zero attached hydrogens (tertiary/aromatic N) is 1. The molecule has 3 N–H and O–H groups in total. The van der Waals surface area contributed by atoms with Gasteiger partial charge in [0.15, 0.2) is 5.82 Å². The first kappa shape index (κ1) is 14.1. The lowest BCUT2D eigenvalue weighted by Crippen LogP contribution is -2.47.